The number of oxazole rings is 1. The lowest BCUT2D eigenvalue weighted by molar-refractivity contribution is 0.0588. The third-order valence-electron chi connectivity index (χ3n) is 6.21. The van der Waals surface area contributed by atoms with Gasteiger partial charge in [-0.1, -0.05) is 6.07 Å². The van der Waals surface area contributed by atoms with Crippen LogP contribution < -0.4 is 5.56 Å². The fourth-order valence-corrected chi connectivity index (χ4v) is 4.94. The topological polar surface area (TPSA) is 71.6 Å². The minimum Gasteiger partial charge on any atom is -0.451 e. The summed E-state index contributed by atoms with van der Waals surface area (Å²) >= 11 is 0. The molecule has 5 heterocycles. The lowest BCUT2D eigenvalue weighted by Crippen LogP contribution is -2.49. The first kappa shape index (κ1) is 16.7. The molecular weight excluding hydrogens is 344 g/mol. The summed E-state index contributed by atoms with van der Waals surface area (Å²) in [5.41, 5.74) is 2.48. The Morgan fingerprint density at radius 3 is 2.81 bits per heavy atom. The molecule has 0 unspecified atom stereocenters. The van der Waals surface area contributed by atoms with Crippen LogP contribution in [0.25, 0.3) is 0 Å². The number of carbonyl (C=O) groups is 1. The van der Waals surface area contributed by atoms with Crippen molar-refractivity contribution in [1.82, 2.24) is 19.4 Å². The molecule has 142 valence electrons. The molecule has 27 heavy (non-hydrogen) atoms. The van der Waals surface area contributed by atoms with Crippen LogP contribution in [0.2, 0.25) is 0 Å². The molecule has 7 heteroatoms. The van der Waals surface area contributed by atoms with Gasteiger partial charge in [0.1, 0.15) is 6.26 Å². The van der Waals surface area contributed by atoms with Gasteiger partial charge >= 0.3 is 0 Å². The van der Waals surface area contributed by atoms with Crippen LogP contribution in [0.15, 0.2) is 34.0 Å². The molecule has 2 fully saturated rings. The molecule has 7 nitrogen and oxygen atoms in total. The summed E-state index contributed by atoms with van der Waals surface area (Å²) in [5.74, 6) is 0.439. The number of rotatable bonds is 3. The Balaban J connectivity index is 1.40. The summed E-state index contributed by atoms with van der Waals surface area (Å²) in [6.07, 6.45) is 6.18. The van der Waals surface area contributed by atoms with Crippen molar-refractivity contribution >= 4 is 5.91 Å². The Morgan fingerprint density at radius 2 is 2.04 bits per heavy atom. The van der Waals surface area contributed by atoms with Crippen molar-refractivity contribution in [2.75, 3.05) is 26.2 Å². The van der Waals surface area contributed by atoms with Gasteiger partial charge in [0, 0.05) is 43.4 Å². The molecule has 0 spiro atoms. The molecule has 3 aliphatic heterocycles. The number of amides is 1. The Bertz CT molecular complexity index is 898. The Hall–Kier alpha value is -2.41. The van der Waals surface area contributed by atoms with Crippen LogP contribution in [0, 0.1) is 5.92 Å². The van der Waals surface area contributed by atoms with Gasteiger partial charge < -0.3 is 13.9 Å². The van der Waals surface area contributed by atoms with Crippen molar-refractivity contribution in [2.24, 2.45) is 5.92 Å². The van der Waals surface area contributed by atoms with Crippen LogP contribution in [-0.2, 0) is 13.1 Å². The average Bonchev–Trinajstić information content (AvgIpc) is 3.37. The zero-order valence-corrected chi connectivity index (χ0v) is 15.3. The molecule has 0 aliphatic carbocycles. The molecule has 2 aromatic heterocycles. The fraction of sp³-hybridized carbons (Fsp3) is 0.550. The number of fused-ring (bicyclic) bond motifs is 4. The van der Waals surface area contributed by atoms with Crippen LogP contribution in [-0.4, -0.2) is 51.4 Å². The van der Waals surface area contributed by atoms with Crippen molar-refractivity contribution in [3.63, 3.8) is 0 Å². The number of hydrogen-bond donors (Lipinski definition) is 0. The van der Waals surface area contributed by atoms with E-state index in [1.54, 1.807) is 0 Å². The minimum atomic E-state index is -0.0834. The van der Waals surface area contributed by atoms with Crippen molar-refractivity contribution in [3.05, 3.63) is 52.1 Å². The maximum Gasteiger partial charge on any atom is 0.275 e. The van der Waals surface area contributed by atoms with Gasteiger partial charge in [-0.2, -0.15) is 0 Å². The minimum absolute atomic E-state index is 0.0834. The Kier molecular flexibility index (Phi) is 4.11. The zero-order chi connectivity index (χ0) is 18.4. The van der Waals surface area contributed by atoms with Gasteiger partial charge in [-0.3, -0.25) is 14.5 Å². The van der Waals surface area contributed by atoms with Gasteiger partial charge in [-0.25, -0.2) is 4.98 Å². The summed E-state index contributed by atoms with van der Waals surface area (Å²) in [6.45, 7) is 4.93. The van der Waals surface area contributed by atoms with E-state index in [0.29, 0.717) is 31.2 Å². The van der Waals surface area contributed by atoms with E-state index in [9.17, 15) is 9.59 Å². The second-order valence-corrected chi connectivity index (χ2v) is 8.06. The van der Waals surface area contributed by atoms with Gasteiger partial charge in [0.2, 0.25) is 0 Å². The van der Waals surface area contributed by atoms with E-state index in [-0.39, 0.29) is 17.4 Å². The van der Waals surface area contributed by atoms with E-state index in [2.05, 4.69) is 16.0 Å². The number of piperidine rings is 1. The number of likely N-dealkylation sites (tertiary alicyclic amines) is 2. The smallest absolute Gasteiger partial charge is 0.275 e. The number of carbonyl (C=O) groups excluding carboxylic acids is 1. The summed E-state index contributed by atoms with van der Waals surface area (Å²) in [7, 11) is 0. The quantitative estimate of drug-likeness (QED) is 0.824. The lowest BCUT2D eigenvalue weighted by Gasteiger charge is -2.42. The fourth-order valence-electron chi connectivity index (χ4n) is 4.94. The highest BCUT2D eigenvalue weighted by atomic mass is 16.3. The van der Waals surface area contributed by atoms with E-state index in [1.807, 2.05) is 15.5 Å². The number of hydrogen-bond acceptors (Lipinski definition) is 5. The van der Waals surface area contributed by atoms with E-state index in [1.165, 1.54) is 25.5 Å². The van der Waals surface area contributed by atoms with Gasteiger partial charge in [-0.15, -0.1) is 0 Å². The van der Waals surface area contributed by atoms with Crippen LogP contribution in [0.1, 0.15) is 46.9 Å². The Morgan fingerprint density at radius 1 is 1.19 bits per heavy atom. The molecule has 2 aromatic rings. The van der Waals surface area contributed by atoms with Crippen molar-refractivity contribution in [2.45, 2.75) is 38.3 Å². The average molecular weight is 368 g/mol. The first-order valence-electron chi connectivity index (χ1n) is 9.81. The van der Waals surface area contributed by atoms with Gasteiger partial charge in [-0.05, 0) is 44.3 Å². The van der Waals surface area contributed by atoms with Crippen LogP contribution >= 0.6 is 0 Å². The maximum absolute atomic E-state index is 13.1. The summed E-state index contributed by atoms with van der Waals surface area (Å²) < 4.78 is 6.93. The van der Waals surface area contributed by atoms with Gasteiger partial charge in [0.25, 0.3) is 11.5 Å². The molecule has 0 N–H and O–H groups in total. The summed E-state index contributed by atoms with van der Waals surface area (Å²) in [4.78, 5) is 33.9. The van der Waals surface area contributed by atoms with Crippen LogP contribution in [0.3, 0.4) is 0 Å². The molecule has 0 radical (unpaired) electrons. The maximum atomic E-state index is 13.1. The number of aromatic nitrogens is 2. The molecule has 2 bridgehead atoms. The molecule has 0 saturated carbocycles. The van der Waals surface area contributed by atoms with Crippen molar-refractivity contribution in [3.8, 4) is 0 Å². The summed E-state index contributed by atoms with van der Waals surface area (Å²) in [5, 5.41) is 0. The highest BCUT2D eigenvalue weighted by molar-refractivity contribution is 5.92. The molecule has 2 atom stereocenters. The molecule has 3 aliphatic rings. The monoisotopic (exact) mass is 368 g/mol. The molecular formula is C20H24N4O3. The first-order valence-corrected chi connectivity index (χ1v) is 9.81. The van der Waals surface area contributed by atoms with Gasteiger partial charge in [0.15, 0.2) is 12.1 Å². The van der Waals surface area contributed by atoms with Crippen molar-refractivity contribution in [1.29, 1.82) is 0 Å². The van der Waals surface area contributed by atoms with Gasteiger partial charge in [0.05, 0.1) is 0 Å². The molecule has 0 aromatic carbocycles. The zero-order valence-electron chi connectivity index (χ0n) is 15.3. The van der Waals surface area contributed by atoms with E-state index < -0.39 is 0 Å². The third-order valence-corrected chi connectivity index (χ3v) is 6.21. The largest absolute Gasteiger partial charge is 0.451 e. The Labute approximate surface area is 157 Å². The second kappa shape index (κ2) is 6.64. The standard InChI is InChI=1S/C20H24N4O3/c25-19-15(10-22-5-1-2-6-22)3-4-18-16-7-14(9-24(18)19)8-23(11-16)20(26)17-12-27-13-21-17/h3-4,12-14,16H,1-2,5-11H2/t14-,16+/m0/s1. The summed E-state index contributed by atoms with van der Waals surface area (Å²) in [6, 6.07) is 4.11. The predicted octanol–water partition coefficient (Wildman–Crippen LogP) is 1.69. The second-order valence-electron chi connectivity index (χ2n) is 8.06. The lowest BCUT2D eigenvalue weighted by atomic mass is 9.83. The highest BCUT2D eigenvalue weighted by Crippen LogP contribution is 2.35. The molecule has 2 saturated heterocycles. The third kappa shape index (κ3) is 3.00. The first-order chi connectivity index (χ1) is 13.2. The number of pyridine rings is 1. The van der Waals surface area contributed by atoms with Crippen LogP contribution in [0.5, 0.6) is 0 Å². The molecule has 5 rings (SSSR count). The normalized spacial score (nSPS) is 24.8. The molecule has 1 amide bonds. The van der Waals surface area contributed by atoms with E-state index in [0.717, 1.165) is 37.3 Å². The van der Waals surface area contributed by atoms with Crippen molar-refractivity contribution < 1.29 is 9.21 Å². The number of nitrogens with zero attached hydrogens (tertiary/aromatic N) is 4. The van der Waals surface area contributed by atoms with E-state index >= 15 is 0 Å². The van der Waals surface area contributed by atoms with Crippen LogP contribution in [0.4, 0.5) is 0 Å². The SMILES string of the molecule is O=C(c1cocn1)N1C[C@@H]2C[C@H](C1)c1ccc(CN3CCCC3)c(=O)n1C2. The van der Waals surface area contributed by atoms with E-state index in [4.69, 9.17) is 4.42 Å². The highest BCUT2D eigenvalue weighted by Gasteiger charge is 2.37. The predicted molar refractivity (Wildman–Crippen MR) is 98.5 cm³/mol.